The molecule has 4 aromatic rings. The lowest BCUT2D eigenvalue weighted by Gasteiger charge is -2.14. The number of nitro groups is 1. The molecule has 0 aliphatic rings. The lowest BCUT2D eigenvalue weighted by molar-refractivity contribution is -0.384. The first-order valence-corrected chi connectivity index (χ1v) is 12.4. The molecule has 36 heavy (non-hydrogen) atoms. The molecule has 11 heteroatoms. The minimum atomic E-state index is -0.594. The summed E-state index contributed by atoms with van der Waals surface area (Å²) in [6.45, 7) is 4.54. The van der Waals surface area contributed by atoms with Crippen molar-refractivity contribution in [2.24, 2.45) is 0 Å². The zero-order chi connectivity index (χ0) is 25.7. The van der Waals surface area contributed by atoms with Gasteiger partial charge >= 0.3 is 0 Å². The number of aryl methyl sites for hydroxylation is 2. The minimum Gasteiger partial charge on any atom is -0.377 e. The Hall–Kier alpha value is -3.89. The Balaban J connectivity index is 1.51. The molecule has 1 heterocycles. The standard InChI is InChI=1S/C25H23ClN6O3S/c1-16-7-6-8-17(2)24(16)27-14-22-29-30-25(31(22)19-9-4-3-5-10-19)36-15-23(33)28-18-11-12-20(26)21(13-18)32(34)35/h3-13,27H,14-15H2,1-2H3,(H,28,33). The SMILES string of the molecule is Cc1cccc(C)c1NCc1nnc(SCC(=O)Nc2ccc(Cl)c([N+](=O)[O-])c2)n1-c1ccccc1. The highest BCUT2D eigenvalue weighted by molar-refractivity contribution is 7.99. The van der Waals surface area contributed by atoms with Crippen molar-refractivity contribution in [2.45, 2.75) is 25.5 Å². The third-order valence-corrected chi connectivity index (χ3v) is 6.63. The smallest absolute Gasteiger partial charge is 0.289 e. The maximum Gasteiger partial charge on any atom is 0.289 e. The minimum absolute atomic E-state index is 0.00497. The number of para-hydroxylation sites is 2. The van der Waals surface area contributed by atoms with Crippen molar-refractivity contribution in [3.8, 4) is 5.69 Å². The summed E-state index contributed by atoms with van der Waals surface area (Å²) in [6, 6.07) is 19.9. The summed E-state index contributed by atoms with van der Waals surface area (Å²) in [6.07, 6.45) is 0. The Labute approximate surface area is 217 Å². The number of nitro benzene ring substituents is 1. The van der Waals surface area contributed by atoms with Gasteiger partial charge in [0.05, 0.1) is 17.2 Å². The fourth-order valence-electron chi connectivity index (χ4n) is 3.66. The number of nitrogens with one attached hydrogen (secondary N) is 2. The van der Waals surface area contributed by atoms with Crippen molar-refractivity contribution in [1.82, 2.24) is 14.8 Å². The number of aromatic nitrogens is 3. The molecule has 9 nitrogen and oxygen atoms in total. The molecule has 3 aromatic carbocycles. The molecule has 0 aliphatic heterocycles. The van der Waals surface area contributed by atoms with Gasteiger partial charge in [0.25, 0.3) is 5.69 Å². The molecule has 0 bridgehead atoms. The van der Waals surface area contributed by atoms with Crippen LogP contribution in [0.2, 0.25) is 5.02 Å². The van der Waals surface area contributed by atoms with Gasteiger partial charge in [-0.05, 0) is 49.2 Å². The maximum absolute atomic E-state index is 12.6. The average Bonchev–Trinajstić information content (AvgIpc) is 3.27. The van der Waals surface area contributed by atoms with Crippen molar-refractivity contribution in [3.05, 3.63) is 98.8 Å². The van der Waals surface area contributed by atoms with E-state index < -0.39 is 4.92 Å². The number of nitrogens with zero attached hydrogens (tertiary/aromatic N) is 4. The van der Waals surface area contributed by atoms with E-state index in [9.17, 15) is 14.9 Å². The van der Waals surface area contributed by atoms with Crippen LogP contribution in [-0.4, -0.2) is 31.3 Å². The Bertz CT molecular complexity index is 1390. The highest BCUT2D eigenvalue weighted by Gasteiger charge is 2.18. The summed E-state index contributed by atoms with van der Waals surface area (Å²) in [4.78, 5) is 23.1. The van der Waals surface area contributed by atoms with E-state index in [0.29, 0.717) is 23.2 Å². The van der Waals surface area contributed by atoms with Gasteiger partial charge in [-0.1, -0.05) is 59.8 Å². The summed E-state index contributed by atoms with van der Waals surface area (Å²) in [5.74, 6) is 0.389. The normalized spacial score (nSPS) is 10.8. The Morgan fingerprint density at radius 3 is 2.47 bits per heavy atom. The number of thioether (sulfide) groups is 1. The number of hydrogen-bond acceptors (Lipinski definition) is 7. The molecule has 1 amide bonds. The highest BCUT2D eigenvalue weighted by atomic mass is 35.5. The molecule has 0 spiro atoms. The lowest BCUT2D eigenvalue weighted by Crippen LogP contribution is -2.15. The van der Waals surface area contributed by atoms with Gasteiger partial charge in [0.15, 0.2) is 11.0 Å². The molecular formula is C25H23ClN6O3S. The van der Waals surface area contributed by atoms with E-state index in [1.807, 2.05) is 66.9 Å². The largest absolute Gasteiger partial charge is 0.377 e. The lowest BCUT2D eigenvalue weighted by atomic mass is 10.1. The van der Waals surface area contributed by atoms with Gasteiger partial charge < -0.3 is 10.6 Å². The van der Waals surface area contributed by atoms with Crippen LogP contribution in [0, 0.1) is 24.0 Å². The first-order valence-electron chi connectivity index (χ1n) is 11.0. The molecule has 0 fully saturated rings. The zero-order valence-corrected chi connectivity index (χ0v) is 21.1. The van der Waals surface area contributed by atoms with Gasteiger partial charge in [0.1, 0.15) is 5.02 Å². The highest BCUT2D eigenvalue weighted by Crippen LogP contribution is 2.28. The van der Waals surface area contributed by atoms with E-state index in [0.717, 1.165) is 22.5 Å². The van der Waals surface area contributed by atoms with Crippen molar-refractivity contribution in [2.75, 3.05) is 16.4 Å². The summed E-state index contributed by atoms with van der Waals surface area (Å²) in [5, 5.41) is 26.5. The molecule has 0 atom stereocenters. The van der Waals surface area contributed by atoms with Gasteiger partial charge in [-0.2, -0.15) is 0 Å². The van der Waals surface area contributed by atoms with Crippen LogP contribution >= 0.6 is 23.4 Å². The van der Waals surface area contributed by atoms with Gasteiger partial charge in [0, 0.05) is 23.1 Å². The molecule has 184 valence electrons. The number of carbonyl (C=O) groups excluding carboxylic acids is 1. The third-order valence-electron chi connectivity index (χ3n) is 5.38. The van der Waals surface area contributed by atoms with Crippen molar-refractivity contribution < 1.29 is 9.72 Å². The van der Waals surface area contributed by atoms with Crippen molar-refractivity contribution in [3.63, 3.8) is 0 Å². The van der Waals surface area contributed by atoms with Crippen LogP contribution in [0.25, 0.3) is 5.69 Å². The van der Waals surface area contributed by atoms with Crippen LogP contribution in [0.5, 0.6) is 0 Å². The second-order valence-electron chi connectivity index (χ2n) is 7.95. The van der Waals surface area contributed by atoms with Crippen LogP contribution in [0.3, 0.4) is 0 Å². The first kappa shape index (κ1) is 25.2. The summed E-state index contributed by atoms with van der Waals surface area (Å²) >= 11 is 7.07. The topological polar surface area (TPSA) is 115 Å². The van der Waals surface area contributed by atoms with Crippen molar-refractivity contribution >= 4 is 46.3 Å². The number of carbonyl (C=O) groups is 1. The van der Waals surface area contributed by atoms with E-state index in [4.69, 9.17) is 11.6 Å². The number of hydrogen-bond donors (Lipinski definition) is 2. The summed E-state index contributed by atoms with van der Waals surface area (Å²) < 4.78 is 1.91. The monoisotopic (exact) mass is 522 g/mol. The number of rotatable bonds is 9. The van der Waals surface area contributed by atoms with Crippen LogP contribution in [-0.2, 0) is 11.3 Å². The molecule has 0 saturated heterocycles. The first-order chi connectivity index (χ1) is 17.3. The van der Waals surface area contributed by atoms with Crippen LogP contribution in [0.15, 0.2) is 71.9 Å². The van der Waals surface area contributed by atoms with E-state index in [1.54, 1.807) is 0 Å². The van der Waals surface area contributed by atoms with Crippen LogP contribution < -0.4 is 10.6 Å². The van der Waals surface area contributed by atoms with Gasteiger partial charge in [0.2, 0.25) is 5.91 Å². The second-order valence-corrected chi connectivity index (χ2v) is 9.30. The van der Waals surface area contributed by atoms with E-state index in [1.165, 1.54) is 30.0 Å². The Morgan fingerprint density at radius 2 is 1.78 bits per heavy atom. The fourth-order valence-corrected chi connectivity index (χ4v) is 4.62. The summed E-state index contributed by atoms with van der Waals surface area (Å²) in [7, 11) is 0. The Kier molecular flexibility index (Phi) is 7.87. The van der Waals surface area contributed by atoms with Crippen molar-refractivity contribution in [1.29, 1.82) is 0 Å². The number of benzene rings is 3. The van der Waals surface area contributed by atoms with Gasteiger partial charge in [-0.3, -0.25) is 19.5 Å². The molecular weight excluding hydrogens is 500 g/mol. The van der Waals surface area contributed by atoms with E-state index in [-0.39, 0.29) is 22.4 Å². The quantitative estimate of drug-likeness (QED) is 0.162. The molecule has 4 rings (SSSR count). The second kappa shape index (κ2) is 11.2. The molecule has 0 radical (unpaired) electrons. The summed E-state index contributed by atoms with van der Waals surface area (Å²) in [5.41, 5.74) is 4.21. The van der Waals surface area contributed by atoms with Crippen LogP contribution in [0.1, 0.15) is 17.0 Å². The van der Waals surface area contributed by atoms with E-state index >= 15 is 0 Å². The average molecular weight is 523 g/mol. The number of halogens is 1. The molecule has 0 unspecified atom stereocenters. The number of anilines is 2. The van der Waals surface area contributed by atoms with Gasteiger partial charge in [-0.15, -0.1) is 10.2 Å². The van der Waals surface area contributed by atoms with E-state index in [2.05, 4.69) is 20.8 Å². The number of amides is 1. The predicted molar refractivity (Wildman–Crippen MR) is 142 cm³/mol. The molecule has 2 N–H and O–H groups in total. The fraction of sp³-hybridized carbons (Fsp3) is 0.160. The maximum atomic E-state index is 12.6. The predicted octanol–water partition coefficient (Wildman–Crippen LogP) is 5.79. The van der Waals surface area contributed by atoms with Crippen LogP contribution in [0.4, 0.5) is 17.1 Å². The van der Waals surface area contributed by atoms with Gasteiger partial charge in [-0.25, -0.2) is 0 Å². The molecule has 0 saturated carbocycles. The molecule has 1 aromatic heterocycles. The Morgan fingerprint density at radius 1 is 1.06 bits per heavy atom. The molecule has 0 aliphatic carbocycles. The zero-order valence-electron chi connectivity index (χ0n) is 19.6. The third kappa shape index (κ3) is 5.84.